The van der Waals surface area contributed by atoms with Crippen LogP contribution in [0.2, 0.25) is 0 Å². The highest BCUT2D eigenvalue weighted by Crippen LogP contribution is 2.09. The molecule has 3 heteroatoms. The minimum Gasteiger partial charge on any atom is -0.461 e. The fourth-order valence-electron chi connectivity index (χ4n) is 1.01. The molecule has 0 atom stereocenters. The molecule has 1 heterocycles. The van der Waals surface area contributed by atoms with E-state index in [1.165, 1.54) is 6.08 Å². The zero-order valence-electron chi connectivity index (χ0n) is 8.97. The zero-order valence-corrected chi connectivity index (χ0v) is 9.79. The lowest BCUT2D eigenvalue weighted by molar-refractivity contribution is -0.104. The lowest BCUT2D eigenvalue weighted by Crippen LogP contribution is -1.73. The first-order valence-corrected chi connectivity index (χ1v) is 6.02. The van der Waals surface area contributed by atoms with E-state index in [-0.39, 0.29) is 0 Å². The van der Waals surface area contributed by atoms with Crippen molar-refractivity contribution in [3.63, 3.8) is 0 Å². The lowest BCUT2D eigenvalue weighted by atomic mass is 10.3. The van der Waals surface area contributed by atoms with E-state index in [2.05, 4.69) is 11.8 Å². The standard InChI is InChI=1S/C13H12O2S/c1-16-11-4-2-3-6-12-8-9-13(15-12)7-5-10-14/h4-5,7-11H,6H2,1H3. The largest absolute Gasteiger partial charge is 0.461 e. The molecular weight excluding hydrogens is 220 g/mol. The molecule has 0 aliphatic carbocycles. The summed E-state index contributed by atoms with van der Waals surface area (Å²) >= 11 is 1.61. The van der Waals surface area contributed by atoms with Gasteiger partial charge >= 0.3 is 0 Å². The van der Waals surface area contributed by atoms with Gasteiger partial charge in [-0.15, -0.1) is 11.8 Å². The zero-order chi connectivity index (χ0) is 11.6. The number of aldehydes is 1. The number of allylic oxidation sites excluding steroid dienone is 2. The van der Waals surface area contributed by atoms with Gasteiger partial charge in [0.15, 0.2) is 0 Å². The van der Waals surface area contributed by atoms with Gasteiger partial charge in [0.2, 0.25) is 0 Å². The van der Waals surface area contributed by atoms with E-state index in [4.69, 9.17) is 4.42 Å². The van der Waals surface area contributed by atoms with Gasteiger partial charge in [-0.2, -0.15) is 0 Å². The van der Waals surface area contributed by atoms with Crippen LogP contribution in [0.15, 0.2) is 34.1 Å². The first-order chi connectivity index (χ1) is 7.86. The van der Waals surface area contributed by atoms with Gasteiger partial charge in [0.1, 0.15) is 17.8 Å². The van der Waals surface area contributed by atoms with Crippen molar-refractivity contribution in [3.05, 3.63) is 41.2 Å². The fraction of sp³-hybridized carbons (Fsp3) is 0.154. The van der Waals surface area contributed by atoms with Crippen molar-refractivity contribution in [1.29, 1.82) is 0 Å². The summed E-state index contributed by atoms with van der Waals surface area (Å²) in [6.07, 6.45) is 8.10. The molecule has 0 radical (unpaired) electrons. The molecule has 0 aliphatic heterocycles. The number of furan rings is 1. The third-order valence-corrected chi connectivity index (χ3v) is 2.08. The maximum absolute atomic E-state index is 10.1. The highest BCUT2D eigenvalue weighted by molar-refractivity contribution is 8.01. The maximum atomic E-state index is 10.1. The van der Waals surface area contributed by atoms with Gasteiger partial charge in [-0.25, -0.2) is 0 Å². The molecule has 16 heavy (non-hydrogen) atoms. The van der Waals surface area contributed by atoms with Gasteiger partial charge < -0.3 is 4.42 Å². The minimum absolute atomic E-state index is 0.577. The summed E-state index contributed by atoms with van der Waals surface area (Å²) in [7, 11) is 0. The predicted octanol–water partition coefficient (Wildman–Crippen LogP) is 2.91. The molecule has 0 unspecified atom stereocenters. The van der Waals surface area contributed by atoms with E-state index < -0.39 is 0 Å². The summed E-state index contributed by atoms with van der Waals surface area (Å²) in [6.45, 7) is 0. The van der Waals surface area contributed by atoms with Gasteiger partial charge in [0.05, 0.1) is 6.42 Å². The Balaban J connectivity index is 2.51. The van der Waals surface area contributed by atoms with Crippen LogP contribution in [0.25, 0.3) is 6.08 Å². The molecule has 0 aromatic carbocycles. The summed E-state index contributed by atoms with van der Waals surface area (Å²) < 4.78 is 5.41. The van der Waals surface area contributed by atoms with Crippen LogP contribution in [0.3, 0.4) is 0 Å². The molecule has 0 aliphatic rings. The Hall–Kier alpha value is -1.66. The average Bonchev–Trinajstić information content (AvgIpc) is 2.74. The summed E-state index contributed by atoms with van der Waals surface area (Å²) in [6, 6.07) is 3.67. The van der Waals surface area contributed by atoms with Crippen LogP contribution < -0.4 is 0 Å². The topological polar surface area (TPSA) is 30.2 Å². The van der Waals surface area contributed by atoms with Crippen LogP contribution in [0.5, 0.6) is 0 Å². The van der Waals surface area contributed by atoms with Crippen LogP contribution >= 0.6 is 11.8 Å². The highest BCUT2D eigenvalue weighted by atomic mass is 32.2. The van der Waals surface area contributed by atoms with Crippen LogP contribution in [-0.2, 0) is 11.2 Å². The molecule has 0 fully saturated rings. The van der Waals surface area contributed by atoms with E-state index in [9.17, 15) is 4.79 Å². The SMILES string of the molecule is CSC=CC#CCc1ccc(C=CC=O)o1. The van der Waals surface area contributed by atoms with Gasteiger partial charge in [0.25, 0.3) is 0 Å². The van der Waals surface area contributed by atoms with E-state index in [1.54, 1.807) is 23.9 Å². The van der Waals surface area contributed by atoms with E-state index >= 15 is 0 Å². The molecule has 1 rings (SSSR count). The molecule has 0 bridgehead atoms. The normalized spacial score (nSPS) is 10.6. The number of hydrogen-bond donors (Lipinski definition) is 0. The Labute approximate surface area is 99.4 Å². The average molecular weight is 232 g/mol. The third kappa shape index (κ3) is 4.72. The molecule has 0 spiro atoms. The van der Waals surface area contributed by atoms with Crippen molar-refractivity contribution >= 4 is 24.1 Å². The van der Waals surface area contributed by atoms with Gasteiger partial charge in [-0.3, -0.25) is 4.79 Å². The minimum atomic E-state index is 0.577. The number of carbonyl (C=O) groups excluding carboxylic acids is 1. The van der Waals surface area contributed by atoms with Crippen molar-refractivity contribution in [2.75, 3.05) is 6.26 Å². The van der Waals surface area contributed by atoms with Gasteiger partial charge in [-0.05, 0) is 42.0 Å². The van der Waals surface area contributed by atoms with E-state index in [1.807, 2.05) is 23.8 Å². The Bertz CT molecular complexity index is 444. The van der Waals surface area contributed by atoms with Gasteiger partial charge in [0, 0.05) is 0 Å². The Morgan fingerprint density at radius 1 is 1.50 bits per heavy atom. The quantitative estimate of drug-likeness (QED) is 0.454. The summed E-state index contributed by atoms with van der Waals surface area (Å²) in [5.74, 6) is 7.34. The molecule has 0 saturated heterocycles. The van der Waals surface area contributed by atoms with E-state index in [0.29, 0.717) is 12.2 Å². The summed E-state index contributed by atoms with van der Waals surface area (Å²) in [5.41, 5.74) is 0. The molecule has 1 aromatic rings. The summed E-state index contributed by atoms with van der Waals surface area (Å²) in [4.78, 5) is 10.1. The smallest absolute Gasteiger partial charge is 0.142 e. The van der Waals surface area contributed by atoms with E-state index in [0.717, 1.165) is 12.0 Å². The van der Waals surface area contributed by atoms with Crippen molar-refractivity contribution in [2.45, 2.75) is 6.42 Å². The first kappa shape index (κ1) is 12.4. The van der Waals surface area contributed by atoms with Crippen LogP contribution in [-0.4, -0.2) is 12.5 Å². The van der Waals surface area contributed by atoms with Crippen molar-refractivity contribution in [1.82, 2.24) is 0 Å². The second-order valence-corrected chi connectivity index (χ2v) is 3.58. The molecule has 82 valence electrons. The third-order valence-electron chi connectivity index (χ3n) is 1.67. The molecule has 0 saturated carbocycles. The predicted molar refractivity (Wildman–Crippen MR) is 67.9 cm³/mol. The molecule has 1 aromatic heterocycles. The molecular formula is C13H12O2S. The molecule has 0 N–H and O–H groups in total. The molecule has 0 amide bonds. The second-order valence-electron chi connectivity index (χ2n) is 2.84. The monoisotopic (exact) mass is 232 g/mol. The van der Waals surface area contributed by atoms with Crippen LogP contribution in [0.1, 0.15) is 11.5 Å². The van der Waals surface area contributed by atoms with Crippen molar-refractivity contribution in [2.24, 2.45) is 0 Å². The number of rotatable bonds is 4. The Morgan fingerprint density at radius 2 is 2.38 bits per heavy atom. The molecule has 2 nitrogen and oxygen atoms in total. The fourth-order valence-corrected chi connectivity index (χ4v) is 1.22. The number of carbonyl (C=O) groups is 1. The van der Waals surface area contributed by atoms with Crippen molar-refractivity contribution in [3.8, 4) is 11.8 Å². The number of hydrogen-bond acceptors (Lipinski definition) is 3. The lowest BCUT2D eigenvalue weighted by Gasteiger charge is -1.85. The van der Waals surface area contributed by atoms with Crippen LogP contribution in [0.4, 0.5) is 0 Å². The van der Waals surface area contributed by atoms with Gasteiger partial charge in [-0.1, -0.05) is 11.8 Å². The van der Waals surface area contributed by atoms with Crippen LogP contribution in [0, 0.1) is 11.8 Å². The number of thioether (sulfide) groups is 1. The van der Waals surface area contributed by atoms with Crippen molar-refractivity contribution < 1.29 is 9.21 Å². The Morgan fingerprint density at radius 3 is 3.12 bits per heavy atom. The second kappa shape index (κ2) is 7.61. The Kier molecular flexibility index (Phi) is 5.90. The first-order valence-electron chi connectivity index (χ1n) is 4.73. The highest BCUT2D eigenvalue weighted by Gasteiger charge is 1.96. The maximum Gasteiger partial charge on any atom is 0.142 e. The summed E-state index contributed by atoms with van der Waals surface area (Å²) in [5, 5.41) is 1.92.